The number of carbonyl (C=O) groups is 4. The van der Waals surface area contributed by atoms with Crippen molar-refractivity contribution in [2.45, 2.75) is 86.1 Å². The van der Waals surface area contributed by atoms with E-state index in [4.69, 9.17) is 0 Å². The predicted molar refractivity (Wildman–Crippen MR) is 133 cm³/mol. The van der Waals surface area contributed by atoms with Crippen LogP contribution >= 0.6 is 0 Å². The van der Waals surface area contributed by atoms with Gasteiger partial charge in [-0.25, -0.2) is 8.42 Å². The van der Waals surface area contributed by atoms with Crippen molar-refractivity contribution in [3.8, 4) is 0 Å². The van der Waals surface area contributed by atoms with Crippen LogP contribution in [0.1, 0.15) is 106 Å². The number of rotatable bonds is 4. The number of carbonyl (C=O) groups excluding carboxylic acids is 4. The maximum atomic E-state index is 13.6. The van der Waals surface area contributed by atoms with Crippen molar-refractivity contribution >= 4 is 33.5 Å². The molecule has 6 rings (SSSR count). The first-order valence-electron chi connectivity index (χ1n) is 13.1. The first-order chi connectivity index (χ1) is 17.8. The number of hydrogen-bond acceptors (Lipinski definition) is 6. The van der Waals surface area contributed by atoms with E-state index in [1.54, 1.807) is 0 Å². The van der Waals surface area contributed by atoms with Gasteiger partial charge in [0.05, 0.1) is 32.0 Å². The Bertz CT molecular complexity index is 1350. The molecular weight excluding hydrogens is 492 g/mol. The summed E-state index contributed by atoms with van der Waals surface area (Å²) in [5.41, 5.74) is 0.611. The second-order valence-corrected chi connectivity index (χ2v) is 12.4. The number of fused-ring (bicyclic) bond motifs is 2. The zero-order valence-electron chi connectivity index (χ0n) is 20.4. The minimum Gasteiger partial charge on any atom is -0.271 e. The van der Waals surface area contributed by atoms with Crippen LogP contribution in [0, 0.1) is 0 Å². The molecule has 0 saturated heterocycles. The van der Waals surface area contributed by atoms with Crippen LogP contribution in [0.3, 0.4) is 0 Å². The predicted octanol–water partition coefficient (Wildman–Crippen LogP) is 4.38. The number of amides is 4. The molecule has 37 heavy (non-hydrogen) atoms. The Hall–Kier alpha value is -3.33. The molecule has 2 fully saturated rings. The molecule has 8 nitrogen and oxygen atoms in total. The fraction of sp³-hybridized carbons (Fsp3) is 0.429. The summed E-state index contributed by atoms with van der Waals surface area (Å²) in [4.78, 5) is 54.6. The van der Waals surface area contributed by atoms with Crippen molar-refractivity contribution < 1.29 is 27.6 Å². The summed E-state index contributed by atoms with van der Waals surface area (Å²) in [5, 5.41) is 0. The van der Waals surface area contributed by atoms with Gasteiger partial charge in [-0.15, -0.1) is 0 Å². The fourth-order valence-electron chi connectivity index (χ4n) is 6.29. The van der Waals surface area contributed by atoms with Gasteiger partial charge in [-0.05, 0) is 62.1 Å². The Labute approximate surface area is 215 Å². The zero-order valence-corrected chi connectivity index (χ0v) is 21.3. The molecule has 0 bridgehead atoms. The Morgan fingerprint density at radius 1 is 0.514 bits per heavy atom. The Morgan fingerprint density at radius 3 is 1.24 bits per heavy atom. The lowest BCUT2D eigenvalue weighted by Crippen LogP contribution is -2.40. The number of imide groups is 2. The quantitative estimate of drug-likeness (QED) is 0.554. The summed E-state index contributed by atoms with van der Waals surface area (Å²) < 4.78 is 27.1. The lowest BCUT2D eigenvalue weighted by atomic mass is 9.94. The van der Waals surface area contributed by atoms with Gasteiger partial charge in [-0.3, -0.25) is 29.0 Å². The van der Waals surface area contributed by atoms with E-state index in [1.165, 1.54) is 46.2 Å². The molecule has 2 heterocycles. The van der Waals surface area contributed by atoms with Crippen LogP contribution in [0.15, 0.2) is 46.2 Å². The Kier molecular flexibility index (Phi) is 5.78. The highest BCUT2D eigenvalue weighted by molar-refractivity contribution is 7.91. The molecule has 0 radical (unpaired) electrons. The van der Waals surface area contributed by atoms with Crippen molar-refractivity contribution in [1.29, 1.82) is 0 Å². The normalized spacial score (nSPS) is 21.1. The second kappa shape index (κ2) is 8.90. The van der Waals surface area contributed by atoms with E-state index in [-0.39, 0.29) is 55.9 Å². The molecule has 2 aromatic rings. The maximum Gasteiger partial charge on any atom is 0.261 e. The maximum absolute atomic E-state index is 13.6. The van der Waals surface area contributed by atoms with Crippen LogP contribution in [0.4, 0.5) is 0 Å². The van der Waals surface area contributed by atoms with Crippen LogP contribution in [-0.4, -0.2) is 53.9 Å². The molecule has 0 unspecified atom stereocenters. The standard InChI is InChI=1S/C28H28N2O6S/c31-25-21-13-11-19(15-23(21)27(33)29(25)17-7-3-1-4-8-17)37(35,36)20-12-14-22-24(16-20)28(34)30(26(22)32)18-9-5-2-6-10-18/h11-18H,1-10H2. The molecule has 0 aromatic heterocycles. The molecule has 2 aromatic carbocycles. The van der Waals surface area contributed by atoms with Crippen molar-refractivity contribution in [1.82, 2.24) is 9.80 Å². The largest absolute Gasteiger partial charge is 0.271 e. The average Bonchev–Trinajstić information content (AvgIpc) is 3.33. The van der Waals surface area contributed by atoms with Gasteiger partial charge in [0.25, 0.3) is 23.6 Å². The Morgan fingerprint density at radius 2 is 0.865 bits per heavy atom. The van der Waals surface area contributed by atoms with Gasteiger partial charge in [-0.2, -0.15) is 0 Å². The molecule has 2 aliphatic heterocycles. The van der Waals surface area contributed by atoms with Crippen molar-refractivity contribution in [2.24, 2.45) is 0 Å². The van der Waals surface area contributed by atoms with E-state index in [0.29, 0.717) is 0 Å². The average molecular weight is 521 g/mol. The monoisotopic (exact) mass is 520 g/mol. The minimum absolute atomic E-state index is 0.0903. The van der Waals surface area contributed by atoms with Crippen molar-refractivity contribution in [3.05, 3.63) is 58.7 Å². The smallest absolute Gasteiger partial charge is 0.261 e. The van der Waals surface area contributed by atoms with Gasteiger partial charge in [0.15, 0.2) is 0 Å². The summed E-state index contributed by atoms with van der Waals surface area (Å²) in [6.07, 6.45) is 9.01. The topological polar surface area (TPSA) is 109 Å². The molecule has 0 N–H and O–H groups in total. The van der Waals surface area contributed by atoms with E-state index in [0.717, 1.165) is 64.2 Å². The highest BCUT2D eigenvalue weighted by Crippen LogP contribution is 2.35. The van der Waals surface area contributed by atoms with Crippen molar-refractivity contribution in [2.75, 3.05) is 0 Å². The van der Waals surface area contributed by atoms with Gasteiger partial charge in [0.1, 0.15) is 0 Å². The van der Waals surface area contributed by atoms with E-state index in [2.05, 4.69) is 0 Å². The fourth-order valence-corrected chi connectivity index (χ4v) is 7.60. The number of hydrogen-bond donors (Lipinski definition) is 0. The molecule has 4 aliphatic rings. The lowest BCUT2D eigenvalue weighted by molar-refractivity contribution is 0.0533. The molecule has 2 saturated carbocycles. The molecule has 2 aliphatic carbocycles. The van der Waals surface area contributed by atoms with Gasteiger partial charge in [0, 0.05) is 12.1 Å². The van der Waals surface area contributed by atoms with E-state index in [1.807, 2.05) is 0 Å². The van der Waals surface area contributed by atoms with E-state index >= 15 is 0 Å². The molecule has 0 atom stereocenters. The van der Waals surface area contributed by atoms with Gasteiger partial charge in [-0.1, -0.05) is 38.5 Å². The number of sulfone groups is 1. The van der Waals surface area contributed by atoms with E-state index < -0.39 is 21.7 Å². The molecular formula is C28H28N2O6S. The number of nitrogens with zero attached hydrogens (tertiary/aromatic N) is 2. The summed E-state index contributed by atoms with van der Waals surface area (Å²) in [6.45, 7) is 0. The third-order valence-corrected chi connectivity index (χ3v) is 10.0. The molecule has 4 amide bonds. The zero-order chi connectivity index (χ0) is 25.9. The third-order valence-electron chi connectivity index (χ3n) is 8.28. The lowest BCUT2D eigenvalue weighted by Gasteiger charge is -2.29. The first kappa shape index (κ1) is 24.0. The number of benzene rings is 2. The van der Waals surface area contributed by atoms with Crippen molar-refractivity contribution in [3.63, 3.8) is 0 Å². The van der Waals surface area contributed by atoms with Gasteiger partial charge in [0.2, 0.25) is 9.84 Å². The minimum atomic E-state index is -4.11. The summed E-state index contributed by atoms with van der Waals surface area (Å²) >= 11 is 0. The van der Waals surface area contributed by atoms with Gasteiger partial charge < -0.3 is 0 Å². The van der Waals surface area contributed by atoms with Crippen LogP contribution in [0.25, 0.3) is 0 Å². The second-order valence-electron chi connectivity index (χ2n) is 10.5. The highest BCUT2D eigenvalue weighted by atomic mass is 32.2. The van der Waals surface area contributed by atoms with Crippen LogP contribution in [-0.2, 0) is 9.84 Å². The van der Waals surface area contributed by atoms with Crippen LogP contribution in [0.2, 0.25) is 0 Å². The molecule has 192 valence electrons. The molecule has 0 spiro atoms. The van der Waals surface area contributed by atoms with Crippen LogP contribution in [0.5, 0.6) is 0 Å². The van der Waals surface area contributed by atoms with Gasteiger partial charge >= 0.3 is 0 Å². The highest BCUT2D eigenvalue weighted by Gasteiger charge is 2.43. The van der Waals surface area contributed by atoms with E-state index in [9.17, 15) is 27.6 Å². The molecule has 9 heteroatoms. The summed E-state index contributed by atoms with van der Waals surface area (Å²) in [6, 6.07) is 7.68. The Balaban J connectivity index is 1.31. The third kappa shape index (κ3) is 3.74. The summed E-state index contributed by atoms with van der Waals surface area (Å²) in [7, 11) is -4.11. The van der Waals surface area contributed by atoms with Crippen LogP contribution < -0.4 is 0 Å². The SMILES string of the molecule is O=C1c2ccc(S(=O)(=O)c3ccc4c(c3)C(=O)N(C3CCCCC3)C4=O)cc2C(=O)N1C1CCCCC1. The summed E-state index contributed by atoms with van der Waals surface area (Å²) in [5.74, 6) is -1.66. The first-order valence-corrected chi connectivity index (χ1v) is 14.6.